The van der Waals surface area contributed by atoms with E-state index in [4.69, 9.17) is 18.5 Å². The molecule has 0 saturated heterocycles. The molecule has 3 atom stereocenters. The Balaban J connectivity index is 4.18. The Kier molecular flexibility index (Phi) is 17.9. The molecule has 0 saturated carbocycles. The predicted molar refractivity (Wildman–Crippen MR) is 113 cm³/mol. The van der Waals surface area contributed by atoms with Crippen LogP contribution in [0.1, 0.15) is 78.1 Å². The van der Waals surface area contributed by atoms with Crippen molar-refractivity contribution in [2.75, 3.05) is 26.4 Å². The van der Waals surface area contributed by atoms with Gasteiger partial charge in [-0.1, -0.05) is 52.4 Å². The fourth-order valence-electron chi connectivity index (χ4n) is 2.56. The number of carbonyl (C=O) groups excluding carboxylic acids is 2. The summed E-state index contributed by atoms with van der Waals surface area (Å²) in [5.41, 5.74) is 0. The van der Waals surface area contributed by atoms with Gasteiger partial charge >= 0.3 is 19.8 Å². The highest BCUT2D eigenvalue weighted by Gasteiger charge is 2.27. The van der Waals surface area contributed by atoms with Crippen molar-refractivity contribution in [2.24, 2.45) is 0 Å². The van der Waals surface area contributed by atoms with E-state index in [1.807, 2.05) is 0 Å². The van der Waals surface area contributed by atoms with E-state index in [1.54, 1.807) is 6.92 Å². The van der Waals surface area contributed by atoms with Crippen molar-refractivity contribution in [1.29, 1.82) is 0 Å². The molecule has 184 valence electrons. The van der Waals surface area contributed by atoms with Crippen molar-refractivity contribution in [3.63, 3.8) is 0 Å². The van der Waals surface area contributed by atoms with E-state index in [-0.39, 0.29) is 12.8 Å². The van der Waals surface area contributed by atoms with Crippen LogP contribution in [0.4, 0.5) is 0 Å². The third kappa shape index (κ3) is 17.2. The van der Waals surface area contributed by atoms with Crippen molar-refractivity contribution in [2.45, 2.75) is 90.3 Å². The molecule has 0 heterocycles. The number of unbranched alkanes of at least 4 members (excludes halogenated alkanes) is 6. The number of phosphoric acid groups is 1. The lowest BCUT2D eigenvalue weighted by Gasteiger charge is -2.20. The van der Waals surface area contributed by atoms with Gasteiger partial charge in [-0.2, -0.15) is 0 Å². The summed E-state index contributed by atoms with van der Waals surface area (Å²) in [5, 5.41) is 18.5. The zero-order valence-corrected chi connectivity index (χ0v) is 19.6. The molecule has 11 heteroatoms. The molecule has 0 rings (SSSR count). The topological polar surface area (TPSA) is 149 Å². The third-order valence-corrected chi connectivity index (χ3v) is 5.24. The van der Waals surface area contributed by atoms with Crippen LogP contribution in [0.3, 0.4) is 0 Å². The summed E-state index contributed by atoms with van der Waals surface area (Å²) in [7, 11) is -4.57. The molecule has 0 aliphatic carbocycles. The quantitative estimate of drug-likeness (QED) is 0.138. The minimum atomic E-state index is -4.57. The van der Waals surface area contributed by atoms with Gasteiger partial charge < -0.3 is 24.6 Å². The number of esters is 2. The monoisotopic (exact) mass is 470 g/mol. The standard InChI is InChI=1S/C20H39O10P/c1-3-5-6-7-8-9-10-12-20(24)30-18(14-22)16-28-31(25,26)27-15-17(13-21)29-19(23)11-4-2/h17-18,21-22H,3-16H2,1-2H3,(H,25,26). The van der Waals surface area contributed by atoms with Crippen molar-refractivity contribution < 1.29 is 47.8 Å². The molecule has 0 fully saturated rings. The molecule has 0 aromatic rings. The zero-order chi connectivity index (χ0) is 23.5. The number of aliphatic hydroxyl groups excluding tert-OH is 2. The minimum Gasteiger partial charge on any atom is -0.457 e. The first kappa shape index (κ1) is 30.0. The van der Waals surface area contributed by atoms with Gasteiger partial charge in [-0.3, -0.25) is 18.6 Å². The van der Waals surface area contributed by atoms with E-state index >= 15 is 0 Å². The van der Waals surface area contributed by atoms with Gasteiger partial charge in [0.2, 0.25) is 0 Å². The molecule has 10 nitrogen and oxygen atoms in total. The maximum atomic E-state index is 11.9. The van der Waals surface area contributed by atoms with Gasteiger partial charge in [0.1, 0.15) is 12.2 Å². The predicted octanol–water partition coefficient (Wildman–Crippen LogP) is 2.87. The van der Waals surface area contributed by atoms with Crippen molar-refractivity contribution in [1.82, 2.24) is 0 Å². The van der Waals surface area contributed by atoms with Gasteiger partial charge in [0.25, 0.3) is 0 Å². The minimum absolute atomic E-state index is 0.145. The summed E-state index contributed by atoms with van der Waals surface area (Å²) in [6, 6.07) is 0. The maximum absolute atomic E-state index is 11.9. The summed E-state index contributed by atoms with van der Waals surface area (Å²) in [6.07, 6.45) is 6.01. The summed E-state index contributed by atoms with van der Waals surface area (Å²) in [5.74, 6) is -1.08. The molecule has 3 unspecified atom stereocenters. The first-order valence-corrected chi connectivity index (χ1v) is 12.5. The van der Waals surface area contributed by atoms with E-state index in [1.165, 1.54) is 19.3 Å². The first-order chi connectivity index (χ1) is 14.8. The van der Waals surface area contributed by atoms with Crippen LogP contribution < -0.4 is 0 Å². The molecule has 0 aliphatic heterocycles. The van der Waals surface area contributed by atoms with Crippen molar-refractivity contribution in [3.05, 3.63) is 0 Å². The number of aliphatic hydroxyl groups is 2. The van der Waals surface area contributed by atoms with E-state index in [0.29, 0.717) is 12.8 Å². The number of hydrogen-bond acceptors (Lipinski definition) is 9. The Labute approximate surface area is 184 Å². The second kappa shape index (κ2) is 18.5. The molecule has 0 amide bonds. The maximum Gasteiger partial charge on any atom is 0.472 e. The summed E-state index contributed by atoms with van der Waals surface area (Å²) >= 11 is 0. The Morgan fingerprint density at radius 3 is 1.65 bits per heavy atom. The summed E-state index contributed by atoms with van der Waals surface area (Å²) < 4.78 is 31.3. The molecule has 31 heavy (non-hydrogen) atoms. The van der Waals surface area contributed by atoms with Crippen LogP contribution in [0.2, 0.25) is 0 Å². The van der Waals surface area contributed by atoms with Crippen LogP contribution in [0, 0.1) is 0 Å². The Hall–Kier alpha value is -1.03. The average Bonchev–Trinajstić information content (AvgIpc) is 2.73. The fourth-order valence-corrected chi connectivity index (χ4v) is 3.34. The highest BCUT2D eigenvalue weighted by Crippen LogP contribution is 2.43. The van der Waals surface area contributed by atoms with Crippen molar-refractivity contribution in [3.8, 4) is 0 Å². The van der Waals surface area contributed by atoms with Gasteiger partial charge in [0, 0.05) is 12.8 Å². The summed E-state index contributed by atoms with van der Waals surface area (Å²) in [4.78, 5) is 33.0. The normalized spacial score (nSPS) is 15.1. The van der Waals surface area contributed by atoms with E-state index < -0.39 is 58.4 Å². The van der Waals surface area contributed by atoms with Crippen LogP contribution in [-0.4, -0.2) is 65.7 Å². The van der Waals surface area contributed by atoms with E-state index in [0.717, 1.165) is 19.3 Å². The molecule has 0 bridgehead atoms. The lowest BCUT2D eigenvalue weighted by molar-refractivity contribution is -0.153. The number of rotatable bonds is 20. The van der Waals surface area contributed by atoms with Gasteiger partial charge in [0.05, 0.1) is 26.4 Å². The van der Waals surface area contributed by atoms with Gasteiger partial charge in [-0.25, -0.2) is 4.57 Å². The van der Waals surface area contributed by atoms with E-state index in [2.05, 4.69) is 6.92 Å². The lowest BCUT2D eigenvalue weighted by atomic mass is 10.1. The molecule has 0 radical (unpaired) electrons. The molecule has 0 aromatic carbocycles. The van der Waals surface area contributed by atoms with Crippen LogP contribution in [0.15, 0.2) is 0 Å². The highest BCUT2D eigenvalue weighted by molar-refractivity contribution is 7.47. The first-order valence-electron chi connectivity index (χ1n) is 11.0. The van der Waals surface area contributed by atoms with Gasteiger partial charge in [0.15, 0.2) is 0 Å². The Morgan fingerprint density at radius 1 is 0.742 bits per heavy atom. The Bertz CT molecular complexity index is 528. The molecule has 0 aliphatic rings. The molecule has 0 spiro atoms. The van der Waals surface area contributed by atoms with Gasteiger partial charge in [-0.05, 0) is 12.8 Å². The summed E-state index contributed by atoms with van der Waals surface area (Å²) in [6.45, 7) is 1.65. The largest absolute Gasteiger partial charge is 0.472 e. The smallest absolute Gasteiger partial charge is 0.457 e. The van der Waals surface area contributed by atoms with E-state index in [9.17, 15) is 29.3 Å². The SMILES string of the molecule is CCCCCCCCCC(=O)OC(CO)COP(=O)(O)OCC(CO)OC(=O)CCC. The van der Waals surface area contributed by atoms with Gasteiger partial charge in [-0.15, -0.1) is 0 Å². The van der Waals surface area contributed by atoms with Crippen LogP contribution >= 0.6 is 7.82 Å². The number of carbonyl (C=O) groups is 2. The zero-order valence-electron chi connectivity index (χ0n) is 18.7. The molecule has 0 aromatic heterocycles. The number of ether oxygens (including phenoxy) is 2. The molecular weight excluding hydrogens is 431 g/mol. The van der Waals surface area contributed by atoms with Crippen molar-refractivity contribution >= 4 is 19.8 Å². The van der Waals surface area contributed by atoms with Crippen LogP contribution in [0.25, 0.3) is 0 Å². The fraction of sp³-hybridized carbons (Fsp3) is 0.900. The molecule has 3 N–H and O–H groups in total. The average molecular weight is 470 g/mol. The number of phosphoric ester groups is 1. The lowest BCUT2D eigenvalue weighted by Crippen LogP contribution is -2.28. The Morgan fingerprint density at radius 2 is 1.19 bits per heavy atom. The van der Waals surface area contributed by atoms with Crippen LogP contribution in [0.5, 0.6) is 0 Å². The second-order valence-electron chi connectivity index (χ2n) is 7.27. The van der Waals surface area contributed by atoms with Crippen LogP contribution in [-0.2, 0) is 32.7 Å². The number of hydrogen-bond donors (Lipinski definition) is 3. The highest BCUT2D eigenvalue weighted by atomic mass is 31.2. The molecular formula is C20H39O10P. The second-order valence-corrected chi connectivity index (χ2v) is 8.72. The third-order valence-electron chi connectivity index (χ3n) is 4.29.